The van der Waals surface area contributed by atoms with E-state index in [1.165, 1.54) is 5.56 Å². The van der Waals surface area contributed by atoms with E-state index in [1.807, 2.05) is 28.0 Å². The molecule has 2 aliphatic rings. The fourth-order valence-corrected chi connectivity index (χ4v) is 4.50. The molecule has 1 aromatic heterocycles. The van der Waals surface area contributed by atoms with E-state index in [1.54, 1.807) is 26.4 Å². The first-order valence-electron chi connectivity index (χ1n) is 11.0. The predicted molar refractivity (Wildman–Crippen MR) is 136 cm³/mol. The number of nitrogens with zero attached hydrogens (tertiary/aromatic N) is 4. The number of hydrogen-bond donors (Lipinski definition) is 1. The summed E-state index contributed by atoms with van der Waals surface area (Å²) in [5.74, 6) is 2.08. The predicted octanol–water partition coefficient (Wildman–Crippen LogP) is 1.79. The second-order valence-electron chi connectivity index (χ2n) is 8.15. The Morgan fingerprint density at radius 3 is 2.46 bits per heavy atom. The zero-order chi connectivity index (χ0) is 22.9. The number of aromatic nitrogens is 2. The third kappa shape index (κ3) is 4.90. The van der Waals surface area contributed by atoms with Crippen molar-refractivity contribution in [2.75, 3.05) is 57.6 Å². The minimum atomic E-state index is -0.531. The molecule has 188 valence electrons. The quantitative estimate of drug-likeness (QED) is 0.569. The molecule has 2 aliphatic heterocycles. The first-order valence-corrected chi connectivity index (χ1v) is 11.0. The summed E-state index contributed by atoms with van der Waals surface area (Å²) < 4.78 is 16.6. The van der Waals surface area contributed by atoms with Gasteiger partial charge in [0.05, 0.1) is 26.3 Å². The summed E-state index contributed by atoms with van der Waals surface area (Å²) >= 11 is 0. The van der Waals surface area contributed by atoms with Gasteiger partial charge in [0.15, 0.2) is 17.6 Å². The number of nitrogens with two attached hydrogens (primary N) is 1. The van der Waals surface area contributed by atoms with Gasteiger partial charge in [-0.15, -0.1) is 12.4 Å². The molecule has 1 unspecified atom stereocenters. The Balaban J connectivity index is 0.00000171. The molecular formula is C24H30ClN5O5. The van der Waals surface area contributed by atoms with Crippen molar-refractivity contribution in [3.63, 3.8) is 0 Å². The molecule has 0 spiro atoms. The van der Waals surface area contributed by atoms with Crippen molar-refractivity contribution >= 4 is 41.0 Å². The van der Waals surface area contributed by atoms with E-state index >= 15 is 0 Å². The van der Waals surface area contributed by atoms with Gasteiger partial charge in [-0.05, 0) is 23.6 Å². The second-order valence-corrected chi connectivity index (χ2v) is 8.15. The molecule has 0 radical (unpaired) electrons. The highest BCUT2D eigenvalue weighted by Gasteiger charge is 2.33. The van der Waals surface area contributed by atoms with Crippen LogP contribution in [0.4, 0.5) is 11.8 Å². The molecule has 3 heterocycles. The fraction of sp³-hybridized carbons (Fsp3) is 0.375. The number of fused-ring (bicyclic) bond motifs is 2. The van der Waals surface area contributed by atoms with Crippen molar-refractivity contribution < 1.29 is 24.5 Å². The summed E-state index contributed by atoms with van der Waals surface area (Å²) in [5, 5.41) is 0.707. The highest BCUT2D eigenvalue weighted by atomic mass is 35.5. The van der Waals surface area contributed by atoms with Gasteiger partial charge in [-0.25, -0.2) is 4.98 Å². The largest absolute Gasteiger partial charge is 0.493 e. The lowest BCUT2D eigenvalue weighted by Gasteiger charge is -2.37. The van der Waals surface area contributed by atoms with Crippen molar-refractivity contribution in [2.24, 2.45) is 0 Å². The molecule has 0 aliphatic carbocycles. The number of benzene rings is 2. The van der Waals surface area contributed by atoms with Crippen LogP contribution >= 0.6 is 12.4 Å². The molecule has 35 heavy (non-hydrogen) atoms. The number of ether oxygens (including phenoxy) is 3. The summed E-state index contributed by atoms with van der Waals surface area (Å²) in [5.41, 5.74) is 9.09. The molecule has 5 rings (SSSR count). The number of piperazine rings is 1. The normalized spacial score (nSPS) is 17.1. The SMILES string of the molecule is COc1cc2nc(N3CCN(C(=O)C4OCCc5ccccc54)CC3)nc(N)c2cc1OC.Cl.O. The van der Waals surface area contributed by atoms with Crippen LogP contribution in [0.25, 0.3) is 10.9 Å². The van der Waals surface area contributed by atoms with E-state index < -0.39 is 6.10 Å². The Bertz CT molecular complexity index is 1200. The summed E-state index contributed by atoms with van der Waals surface area (Å²) in [7, 11) is 3.16. The molecule has 4 N–H and O–H groups in total. The van der Waals surface area contributed by atoms with Crippen LogP contribution in [0, 0.1) is 0 Å². The van der Waals surface area contributed by atoms with E-state index in [-0.39, 0.29) is 23.8 Å². The lowest BCUT2D eigenvalue weighted by atomic mass is 9.96. The molecule has 3 aromatic rings. The van der Waals surface area contributed by atoms with Crippen LogP contribution in [0.1, 0.15) is 17.2 Å². The first-order chi connectivity index (χ1) is 16.1. The van der Waals surface area contributed by atoms with Crippen molar-refractivity contribution in [3.05, 3.63) is 47.5 Å². The summed E-state index contributed by atoms with van der Waals surface area (Å²) in [6.45, 7) is 2.91. The Morgan fingerprint density at radius 2 is 1.74 bits per heavy atom. The van der Waals surface area contributed by atoms with Gasteiger partial charge in [0.1, 0.15) is 5.82 Å². The highest BCUT2D eigenvalue weighted by Crippen LogP contribution is 2.34. The Morgan fingerprint density at radius 1 is 1.06 bits per heavy atom. The fourth-order valence-electron chi connectivity index (χ4n) is 4.50. The summed E-state index contributed by atoms with van der Waals surface area (Å²) in [6.07, 6.45) is 0.307. The van der Waals surface area contributed by atoms with Crippen LogP contribution in [0.5, 0.6) is 11.5 Å². The van der Waals surface area contributed by atoms with Gasteiger partial charge in [-0.3, -0.25) is 4.79 Å². The van der Waals surface area contributed by atoms with Crippen LogP contribution in [-0.2, 0) is 16.0 Å². The van der Waals surface area contributed by atoms with Crippen LogP contribution in [0.2, 0.25) is 0 Å². The molecular weight excluding hydrogens is 474 g/mol. The van der Waals surface area contributed by atoms with Crippen LogP contribution in [0.3, 0.4) is 0 Å². The van der Waals surface area contributed by atoms with Gasteiger partial charge in [0, 0.05) is 37.6 Å². The molecule has 10 nitrogen and oxygen atoms in total. The second kappa shape index (κ2) is 10.9. The number of nitrogen functional groups attached to an aromatic ring is 1. The van der Waals surface area contributed by atoms with Crippen molar-refractivity contribution in [3.8, 4) is 11.5 Å². The highest BCUT2D eigenvalue weighted by molar-refractivity contribution is 5.92. The lowest BCUT2D eigenvalue weighted by molar-refractivity contribution is -0.145. The smallest absolute Gasteiger partial charge is 0.256 e. The minimum Gasteiger partial charge on any atom is -0.493 e. The number of carbonyl (C=O) groups excluding carboxylic acids is 1. The molecule has 1 saturated heterocycles. The zero-order valence-electron chi connectivity index (χ0n) is 19.7. The lowest BCUT2D eigenvalue weighted by Crippen LogP contribution is -2.51. The van der Waals surface area contributed by atoms with Crippen molar-refractivity contribution in [2.45, 2.75) is 12.5 Å². The van der Waals surface area contributed by atoms with E-state index in [0.717, 1.165) is 12.0 Å². The maximum Gasteiger partial charge on any atom is 0.256 e. The number of anilines is 2. The molecule has 11 heteroatoms. The summed E-state index contributed by atoms with van der Waals surface area (Å²) in [4.78, 5) is 26.4. The molecule has 1 amide bonds. The van der Waals surface area contributed by atoms with E-state index in [4.69, 9.17) is 24.9 Å². The van der Waals surface area contributed by atoms with E-state index in [2.05, 4.69) is 11.1 Å². The standard InChI is InChI=1S/C24H27N5O4.ClH.H2O/c1-31-19-13-17-18(14-20(19)32-2)26-24(27-22(17)25)29-10-8-28(9-11-29)23(30)21-16-6-4-3-5-15(16)7-12-33-21;;/h3-6,13-14,21H,7-12H2,1-2H3,(H2,25,26,27);1H;1H2. The number of amides is 1. The van der Waals surface area contributed by atoms with Gasteiger partial charge < -0.3 is 35.2 Å². The third-order valence-electron chi connectivity index (χ3n) is 6.31. The maximum atomic E-state index is 13.2. The zero-order valence-corrected chi connectivity index (χ0v) is 20.5. The molecule has 0 saturated carbocycles. The van der Waals surface area contributed by atoms with Gasteiger partial charge in [0.2, 0.25) is 5.95 Å². The van der Waals surface area contributed by atoms with Gasteiger partial charge in [0.25, 0.3) is 5.91 Å². The third-order valence-corrected chi connectivity index (χ3v) is 6.31. The number of carbonyl (C=O) groups is 1. The average molecular weight is 504 g/mol. The Labute approximate surface area is 209 Å². The minimum absolute atomic E-state index is 0. The Kier molecular flexibility index (Phi) is 8.21. The number of halogens is 1. The van der Waals surface area contributed by atoms with Gasteiger partial charge in [-0.2, -0.15) is 4.98 Å². The Hall–Kier alpha value is -3.34. The molecule has 0 bridgehead atoms. The van der Waals surface area contributed by atoms with Gasteiger partial charge in [-0.1, -0.05) is 24.3 Å². The number of rotatable bonds is 4. The first kappa shape index (κ1) is 26.3. The van der Waals surface area contributed by atoms with Crippen molar-refractivity contribution in [1.82, 2.24) is 14.9 Å². The van der Waals surface area contributed by atoms with Gasteiger partial charge >= 0.3 is 0 Å². The molecule has 1 fully saturated rings. The monoisotopic (exact) mass is 503 g/mol. The molecule has 1 atom stereocenters. The van der Waals surface area contributed by atoms with Crippen LogP contribution in [0.15, 0.2) is 36.4 Å². The van der Waals surface area contributed by atoms with E-state index in [9.17, 15) is 4.79 Å². The van der Waals surface area contributed by atoms with Crippen LogP contribution < -0.4 is 20.1 Å². The van der Waals surface area contributed by atoms with Crippen molar-refractivity contribution in [1.29, 1.82) is 0 Å². The topological polar surface area (TPSA) is 135 Å². The average Bonchev–Trinajstić information content (AvgIpc) is 2.87. The van der Waals surface area contributed by atoms with E-state index in [0.29, 0.717) is 67.0 Å². The van der Waals surface area contributed by atoms with Crippen LogP contribution in [-0.4, -0.2) is 73.3 Å². The number of methoxy groups -OCH3 is 2. The molecule has 2 aromatic carbocycles. The summed E-state index contributed by atoms with van der Waals surface area (Å²) in [6, 6.07) is 11.6. The maximum absolute atomic E-state index is 13.2. The number of hydrogen-bond acceptors (Lipinski definition) is 8.